The van der Waals surface area contributed by atoms with Crippen molar-refractivity contribution in [3.05, 3.63) is 76.9 Å². The third-order valence-electron chi connectivity index (χ3n) is 3.85. The zero-order chi connectivity index (χ0) is 19.4. The third-order valence-corrected chi connectivity index (χ3v) is 4.09. The van der Waals surface area contributed by atoms with Gasteiger partial charge in [0.15, 0.2) is 0 Å². The molecule has 0 saturated heterocycles. The van der Waals surface area contributed by atoms with E-state index in [-0.39, 0.29) is 22.6 Å². The lowest BCUT2D eigenvalue weighted by molar-refractivity contribution is -0.136. The number of halogens is 4. The highest BCUT2D eigenvalue weighted by Crippen LogP contribution is 2.37. The van der Waals surface area contributed by atoms with Crippen LogP contribution in [0.1, 0.15) is 24.1 Å². The number of nitrogens with one attached hydrogen (secondary N) is 2. The minimum Gasteiger partial charge on any atom is -0.348 e. The highest BCUT2D eigenvalue weighted by atomic mass is 35.5. The number of anilines is 3. The molecule has 0 radical (unpaired) electrons. The first kappa shape index (κ1) is 19.0. The van der Waals surface area contributed by atoms with Gasteiger partial charge in [0.05, 0.1) is 17.3 Å². The Morgan fingerprint density at radius 3 is 2.48 bits per heavy atom. The van der Waals surface area contributed by atoms with Crippen molar-refractivity contribution in [1.29, 1.82) is 0 Å². The molecule has 1 atom stereocenters. The van der Waals surface area contributed by atoms with Crippen LogP contribution in [0, 0.1) is 0 Å². The molecule has 0 aliphatic carbocycles. The molecule has 27 heavy (non-hydrogen) atoms. The SMILES string of the molecule is CC(Nc1nccc(Nc2ccc(Cl)cc2C(F)(F)F)n1)c1ccccc1. The first-order valence-electron chi connectivity index (χ1n) is 8.11. The van der Waals surface area contributed by atoms with Gasteiger partial charge in [-0.15, -0.1) is 0 Å². The van der Waals surface area contributed by atoms with Crippen molar-refractivity contribution in [3.8, 4) is 0 Å². The summed E-state index contributed by atoms with van der Waals surface area (Å²) in [5.41, 5.74) is 0.0463. The summed E-state index contributed by atoms with van der Waals surface area (Å²) in [6.45, 7) is 1.94. The van der Waals surface area contributed by atoms with Crippen LogP contribution in [0.2, 0.25) is 5.02 Å². The van der Waals surface area contributed by atoms with Gasteiger partial charge >= 0.3 is 6.18 Å². The lowest BCUT2D eigenvalue weighted by Gasteiger charge is -2.16. The first-order valence-corrected chi connectivity index (χ1v) is 8.49. The van der Waals surface area contributed by atoms with E-state index in [9.17, 15) is 13.2 Å². The van der Waals surface area contributed by atoms with E-state index < -0.39 is 11.7 Å². The Kier molecular flexibility index (Phi) is 5.51. The second-order valence-corrected chi connectivity index (χ2v) is 6.29. The predicted octanol–water partition coefficient (Wildman–Crippen LogP) is 6.07. The molecule has 3 rings (SSSR count). The van der Waals surface area contributed by atoms with Gasteiger partial charge in [-0.1, -0.05) is 41.9 Å². The van der Waals surface area contributed by atoms with Gasteiger partial charge in [-0.3, -0.25) is 0 Å². The first-order chi connectivity index (χ1) is 12.8. The van der Waals surface area contributed by atoms with Gasteiger partial charge in [0, 0.05) is 11.2 Å². The average molecular weight is 393 g/mol. The Labute approximate surface area is 159 Å². The normalized spacial score (nSPS) is 12.5. The number of rotatable bonds is 5. The molecule has 4 nitrogen and oxygen atoms in total. The largest absolute Gasteiger partial charge is 0.418 e. The van der Waals surface area contributed by atoms with Gasteiger partial charge in [-0.05, 0) is 36.8 Å². The summed E-state index contributed by atoms with van der Waals surface area (Å²) in [7, 11) is 0. The van der Waals surface area contributed by atoms with Crippen LogP contribution in [0.15, 0.2) is 60.8 Å². The van der Waals surface area contributed by atoms with E-state index in [0.29, 0.717) is 5.95 Å². The molecule has 1 aromatic heterocycles. The molecule has 0 bridgehead atoms. The summed E-state index contributed by atoms with van der Waals surface area (Å²) in [6.07, 6.45) is -3.07. The van der Waals surface area contributed by atoms with Crippen LogP contribution in [0.3, 0.4) is 0 Å². The molecule has 0 spiro atoms. The summed E-state index contributed by atoms with van der Waals surface area (Å²) in [5.74, 6) is 0.541. The van der Waals surface area contributed by atoms with Gasteiger partial charge in [0.1, 0.15) is 5.82 Å². The van der Waals surface area contributed by atoms with Crippen molar-refractivity contribution in [2.45, 2.75) is 19.1 Å². The fraction of sp³-hybridized carbons (Fsp3) is 0.158. The van der Waals surface area contributed by atoms with Crippen molar-refractivity contribution in [3.63, 3.8) is 0 Å². The minimum atomic E-state index is -4.54. The quantitative estimate of drug-likeness (QED) is 0.553. The second-order valence-electron chi connectivity index (χ2n) is 5.85. The van der Waals surface area contributed by atoms with Crippen LogP contribution in [-0.2, 0) is 6.18 Å². The standard InChI is InChI=1S/C19H16ClF3N4/c1-12(13-5-3-2-4-6-13)25-18-24-10-9-17(27-18)26-16-8-7-14(20)11-15(16)19(21,22)23/h2-12H,1H3,(H2,24,25,26,27). The molecule has 8 heteroatoms. The lowest BCUT2D eigenvalue weighted by atomic mass is 10.1. The van der Waals surface area contributed by atoms with Crippen molar-refractivity contribution in [1.82, 2.24) is 9.97 Å². The molecule has 0 amide bonds. The maximum absolute atomic E-state index is 13.2. The summed E-state index contributed by atoms with van der Waals surface area (Å²) in [6, 6.07) is 14.6. The van der Waals surface area contributed by atoms with Gasteiger partial charge in [-0.2, -0.15) is 18.2 Å². The zero-order valence-corrected chi connectivity index (χ0v) is 15.0. The molecule has 3 aromatic rings. The van der Waals surface area contributed by atoms with E-state index in [1.807, 2.05) is 37.3 Å². The molecular weight excluding hydrogens is 377 g/mol. The predicted molar refractivity (Wildman–Crippen MR) is 100 cm³/mol. The molecule has 0 saturated carbocycles. The molecule has 2 N–H and O–H groups in total. The molecule has 1 unspecified atom stereocenters. The number of hydrogen-bond acceptors (Lipinski definition) is 4. The monoisotopic (exact) mass is 392 g/mol. The van der Waals surface area contributed by atoms with Crippen LogP contribution in [0.25, 0.3) is 0 Å². The molecule has 2 aromatic carbocycles. The fourth-order valence-corrected chi connectivity index (χ4v) is 2.69. The van der Waals surface area contributed by atoms with E-state index in [4.69, 9.17) is 11.6 Å². The summed E-state index contributed by atoms with van der Waals surface area (Å²) in [4.78, 5) is 8.37. The average Bonchev–Trinajstić information content (AvgIpc) is 2.63. The fourth-order valence-electron chi connectivity index (χ4n) is 2.51. The summed E-state index contributed by atoms with van der Waals surface area (Å²) < 4.78 is 39.7. The van der Waals surface area contributed by atoms with Crippen molar-refractivity contribution < 1.29 is 13.2 Å². The highest BCUT2D eigenvalue weighted by molar-refractivity contribution is 6.30. The molecule has 1 heterocycles. The van der Waals surface area contributed by atoms with E-state index in [2.05, 4.69) is 20.6 Å². The Bertz CT molecular complexity index is 916. The molecule has 140 valence electrons. The minimum absolute atomic E-state index is 0.00889. The second kappa shape index (κ2) is 7.84. The number of benzene rings is 2. The summed E-state index contributed by atoms with van der Waals surface area (Å²) >= 11 is 5.70. The van der Waals surface area contributed by atoms with Gasteiger partial charge in [0.2, 0.25) is 5.95 Å². The van der Waals surface area contributed by atoms with Crippen molar-refractivity contribution in [2.75, 3.05) is 10.6 Å². The Hall–Kier alpha value is -2.80. The number of nitrogens with zero attached hydrogens (tertiary/aromatic N) is 2. The molecule has 0 fully saturated rings. The van der Waals surface area contributed by atoms with E-state index in [1.54, 1.807) is 0 Å². The smallest absolute Gasteiger partial charge is 0.348 e. The van der Waals surface area contributed by atoms with E-state index >= 15 is 0 Å². The summed E-state index contributed by atoms with van der Waals surface area (Å²) in [5, 5.41) is 5.83. The van der Waals surface area contributed by atoms with Crippen molar-refractivity contribution >= 4 is 29.1 Å². The number of aromatic nitrogens is 2. The van der Waals surface area contributed by atoms with Gasteiger partial charge < -0.3 is 10.6 Å². The van der Waals surface area contributed by atoms with Crippen LogP contribution >= 0.6 is 11.6 Å². The van der Waals surface area contributed by atoms with Crippen LogP contribution in [0.5, 0.6) is 0 Å². The van der Waals surface area contributed by atoms with Crippen LogP contribution in [-0.4, -0.2) is 9.97 Å². The topological polar surface area (TPSA) is 49.8 Å². The molecule has 0 aliphatic rings. The number of hydrogen-bond donors (Lipinski definition) is 2. The van der Waals surface area contributed by atoms with Crippen LogP contribution in [0.4, 0.5) is 30.6 Å². The third kappa shape index (κ3) is 4.89. The zero-order valence-electron chi connectivity index (χ0n) is 14.3. The maximum atomic E-state index is 13.2. The molecule has 0 aliphatic heterocycles. The molecular formula is C19H16ClF3N4. The Morgan fingerprint density at radius 1 is 1.04 bits per heavy atom. The van der Waals surface area contributed by atoms with Crippen LogP contribution < -0.4 is 10.6 Å². The highest BCUT2D eigenvalue weighted by Gasteiger charge is 2.34. The Balaban J connectivity index is 1.81. The lowest BCUT2D eigenvalue weighted by Crippen LogP contribution is -2.11. The van der Waals surface area contributed by atoms with E-state index in [0.717, 1.165) is 11.6 Å². The van der Waals surface area contributed by atoms with E-state index in [1.165, 1.54) is 24.4 Å². The Morgan fingerprint density at radius 2 is 1.78 bits per heavy atom. The maximum Gasteiger partial charge on any atom is 0.418 e. The number of alkyl halides is 3. The van der Waals surface area contributed by atoms with Crippen molar-refractivity contribution in [2.24, 2.45) is 0 Å². The van der Waals surface area contributed by atoms with Gasteiger partial charge in [0.25, 0.3) is 0 Å². The van der Waals surface area contributed by atoms with Gasteiger partial charge in [-0.25, -0.2) is 4.98 Å².